The van der Waals surface area contributed by atoms with Crippen molar-refractivity contribution < 1.29 is 26.3 Å². The van der Waals surface area contributed by atoms with Crippen molar-refractivity contribution in [2.45, 2.75) is 0 Å². The molecule has 0 N–H and O–H groups in total. The summed E-state index contributed by atoms with van der Waals surface area (Å²) in [4.78, 5) is 0. The molecular weight excluding hydrogens is 320 g/mol. The molecule has 0 aliphatic rings. The fraction of sp³-hybridized carbons (Fsp3) is 1.00. The number of hydrogen-bond acceptors (Lipinski definition) is 8. The molecule has 0 aromatic rings. The Balaban J connectivity index is 3.22. The third-order valence-electron chi connectivity index (χ3n) is 1.42. The lowest BCUT2D eigenvalue weighted by Crippen LogP contribution is -2.09. The molecule has 0 saturated carbocycles. The average Bonchev–Trinajstić information content (AvgIpc) is 2.17. The first-order valence-electron chi connectivity index (χ1n) is 5.05. The van der Waals surface area contributed by atoms with Crippen molar-refractivity contribution in [2.24, 2.45) is 0 Å². The van der Waals surface area contributed by atoms with E-state index in [2.05, 4.69) is 0 Å². The van der Waals surface area contributed by atoms with Crippen LogP contribution in [0.2, 0.25) is 0 Å². The predicted octanol–water partition coefficient (Wildman–Crippen LogP) is 0.405. The molecule has 0 aromatic carbocycles. The molecule has 0 amide bonds. The van der Waals surface area contributed by atoms with Crippen LogP contribution in [0.15, 0.2) is 0 Å². The predicted molar refractivity (Wildman–Crippen MR) is 76.2 cm³/mol. The maximum atomic E-state index is 10.8. The molecule has 10 heteroatoms. The summed E-state index contributed by atoms with van der Waals surface area (Å²) >= 11 is 0. The van der Waals surface area contributed by atoms with E-state index in [4.69, 9.17) is 9.47 Å². The van der Waals surface area contributed by atoms with Crippen molar-refractivity contribution >= 4 is 39.3 Å². The molecule has 0 bridgehead atoms. The molecule has 0 fully saturated rings. The smallest absolute Gasteiger partial charge is 0.198 e. The summed E-state index contributed by atoms with van der Waals surface area (Å²) in [5.41, 5.74) is 0. The van der Waals surface area contributed by atoms with Crippen LogP contribution in [0.4, 0.5) is 0 Å². The van der Waals surface area contributed by atoms with Gasteiger partial charge in [-0.25, -0.2) is 16.8 Å². The summed E-state index contributed by atoms with van der Waals surface area (Å²) in [5.74, 6) is 0.783. The number of rotatable bonds is 11. The lowest BCUT2D eigenvalue weighted by Gasteiger charge is -2.04. The molecule has 0 radical (unpaired) electrons. The van der Waals surface area contributed by atoms with E-state index in [-0.39, 0.29) is 0 Å². The molecule has 6 nitrogen and oxygen atoms in total. The quantitative estimate of drug-likeness (QED) is 0.395. The zero-order valence-electron chi connectivity index (χ0n) is 10.3. The van der Waals surface area contributed by atoms with E-state index in [1.54, 1.807) is 0 Å². The molecule has 0 saturated heterocycles. The van der Waals surface area contributed by atoms with Crippen molar-refractivity contribution in [2.75, 3.05) is 50.4 Å². The van der Waals surface area contributed by atoms with Crippen LogP contribution < -0.4 is 0 Å². The summed E-state index contributed by atoms with van der Waals surface area (Å²) in [6, 6.07) is 0. The molecule has 0 spiro atoms. The Kier molecular flexibility index (Phi) is 9.70. The van der Waals surface area contributed by atoms with E-state index in [1.807, 2.05) is 0 Å². The Bertz CT molecular complexity index is 361. The van der Waals surface area contributed by atoms with Crippen LogP contribution in [0.25, 0.3) is 0 Å². The van der Waals surface area contributed by atoms with E-state index >= 15 is 0 Å². The SMILES string of the molecule is CS(=O)(=O)SCCOCCOCCSS(C)(=O)=O. The van der Waals surface area contributed by atoms with Crippen LogP contribution in [-0.2, 0) is 27.2 Å². The van der Waals surface area contributed by atoms with Gasteiger partial charge in [0.15, 0.2) is 17.7 Å². The van der Waals surface area contributed by atoms with E-state index in [1.165, 1.54) is 0 Å². The maximum absolute atomic E-state index is 10.8. The summed E-state index contributed by atoms with van der Waals surface area (Å²) in [6.07, 6.45) is 2.31. The minimum Gasteiger partial charge on any atom is -0.378 e. The highest BCUT2D eigenvalue weighted by Gasteiger charge is 2.02. The van der Waals surface area contributed by atoms with E-state index < -0.39 is 17.7 Å². The molecule has 0 aromatic heterocycles. The summed E-state index contributed by atoms with van der Waals surface area (Å²) in [7, 11) is -4.30. The molecular formula is C8H18O6S4. The Morgan fingerprint density at radius 1 is 0.722 bits per heavy atom. The topological polar surface area (TPSA) is 86.7 Å². The van der Waals surface area contributed by atoms with Crippen molar-refractivity contribution in [3.05, 3.63) is 0 Å². The van der Waals surface area contributed by atoms with Crippen LogP contribution >= 0.6 is 21.6 Å². The minimum atomic E-state index is -3.00. The van der Waals surface area contributed by atoms with Crippen LogP contribution in [0.5, 0.6) is 0 Å². The van der Waals surface area contributed by atoms with Crippen LogP contribution in [0.3, 0.4) is 0 Å². The Morgan fingerprint density at radius 2 is 1.06 bits per heavy atom. The van der Waals surface area contributed by atoms with Gasteiger partial charge in [-0.05, 0) is 21.6 Å². The van der Waals surface area contributed by atoms with E-state index in [0.29, 0.717) is 37.9 Å². The summed E-state index contributed by atoms with van der Waals surface area (Å²) < 4.78 is 53.3. The van der Waals surface area contributed by atoms with Crippen molar-refractivity contribution in [3.63, 3.8) is 0 Å². The van der Waals surface area contributed by atoms with Gasteiger partial charge in [-0.1, -0.05) is 0 Å². The molecule has 0 unspecified atom stereocenters. The third kappa shape index (κ3) is 16.5. The average molecular weight is 338 g/mol. The van der Waals surface area contributed by atoms with Gasteiger partial charge in [-0.15, -0.1) is 0 Å². The van der Waals surface area contributed by atoms with Gasteiger partial charge in [0.2, 0.25) is 0 Å². The van der Waals surface area contributed by atoms with Crippen LogP contribution in [0, 0.1) is 0 Å². The van der Waals surface area contributed by atoms with E-state index in [9.17, 15) is 16.8 Å². The van der Waals surface area contributed by atoms with Crippen LogP contribution in [0.1, 0.15) is 0 Å². The Hall–Kier alpha value is 0.520. The van der Waals surface area contributed by atoms with Gasteiger partial charge in [-0.3, -0.25) is 0 Å². The lowest BCUT2D eigenvalue weighted by atomic mass is 10.7. The van der Waals surface area contributed by atoms with Crippen LogP contribution in [-0.4, -0.2) is 67.3 Å². The van der Waals surface area contributed by atoms with Gasteiger partial charge >= 0.3 is 0 Å². The van der Waals surface area contributed by atoms with Gasteiger partial charge in [0.05, 0.1) is 26.4 Å². The summed E-state index contributed by atoms with van der Waals surface area (Å²) in [6.45, 7) is 1.43. The molecule has 0 rings (SSSR count). The molecule has 110 valence electrons. The maximum Gasteiger partial charge on any atom is 0.198 e. The monoisotopic (exact) mass is 338 g/mol. The molecule has 0 aliphatic carbocycles. The lowest BCUT2D eigenvalue weighted by molar-refractivity contribution is 0.0606. The van der Waals surface area contributed by atoms with Gasteiger partial charge in [-0.2, -0.15) is 0 Å². The molecule has 0 atom stereocenters. The highest BCUT2D eigenvalue weighted by Crippen LogP contribution is 2.09. The Labute approximate surface area is 116 Å². The molecule has 0 heterocycles. The minimum absolute atomic E-state index is 0.346. The fourth-order valence-corrected chi connectivity index (χ4v) is 4.01. The van der Waals surface area contributed by atoms with Crippen molar-refractivity contribution in [3.8, 4) is 0 Å². The van der Waals surface area contributed by atoms with Gasteiger partial charge < -0.3 is 9.47 Å². The largest absolute Gasteiger partial charge is 0.378 e. The zero-order chi connectivity index (χ0) is 14.1. The van der Waals surface area contributed by atoms with Crippen molar-refractivity contribution in [1.82, 2.24) is 0 Å². The highest BCUT2D eigenvalue weighted by atomic mass is 33.1. The molecule has 18 heavy (non-hydrogen) atoms. The second-order valence-corrected chi connectivity index (χ2v) is 12.4. The first kappa shape index (κ1) is 18.5. The van der Waals surface area contributed by atoms with Gasteiger partial charge in [0.25, 0.3) is 0 Å². The Morgan fingerprint density at radius 3 is 1.33 bits per heavy atom. The normalized spacial score (nSPS) is 12.8. The van der Waals surface area contributed by atoms with Gasteiger partial charge in [0, 0.05) is 24.0 Å². The molecule has 0 aliphatic heterocycles. The summed E-state index contributed by atoms with van der Waals surface area (Å²) in [5, 5.41) is 0. The zero-order valence-corrected chi connectivity index (χ0v) is 13.6. The number of hydrogen-bond donors (Lipinski definition) is 0. The van der Waals surface area contributed by atoms with Crippen molar-refractivity contribution in [1.29, 1.82) is 0 Å². The standard InChI is InChI=1S/C8H18O6S4/c1-17(9,10)15-7-5-13-3-4-14-6-8-16-18(2,11)12/h3-8H2,1-2H3. The second-order valence-electron chi connectivity index (χ2n) is 3.28. The first-order chi connectivity index (χ1) is 8.21. The highest BCUT2D eigenvalue weighted by molar-refractivity contribution is 8.72. The first-order valence-corrected chi connectivity index (χ1v) is 11.8. The second kappa shape index (κ2) is 9.43. The fourth-order valence-electron chi connectivity index (χ4n) is 0.811. The third-order valence-corrected chi connectivity index (χ3v) is 6.51. The van der Waals surface area contributed by atoms with E-state index in [0.717, 1.165) is 34.1 Å². The number of ether oxygens (including phenoxy) is 2. The van der Waals surface area contributed by atoms with Gasteiger partial charge in [0.1, 0.15) is 0 Å².